The molecule has 0 spiro atoms. The number of nitrogens with zero attached hydrogens (tertiary/aromatic N) is 2. The highest BCUT2D eigenvalue weighted by molar-refractivity contribution is 7.09. The van der Waals surface area contributed by atoms with Crippen LogP contribution in [0.3, 0.4) is 0 Å². The minimum atomic E-state index is -4.48. The first-order valence-electron chi connectivity index (χ1n) is 4.54. The Labute approximate surface area is 94.9 Å². The minimum absolute atomic E-state index is 0.279. The number of hydrogen-bond acceptors (Lipinski definition) is 4. The summed E-state index contributed by atoms with van der Waals surface area (Å²) in [7, 11) is 0. The maximum Gasteiger partial charge on any atom is 0.405 e. The van der Waals surface area contributed by atoms with Gasteiger partial charge in [-0.3, -0.25) is 0 Å². The van der Waals surface area contributed by atoms with Gasteiger partial charge in [-0.1, -0.05) is 0 Å². The van der Waals surface area contributed by atoms with Crippen LogP contribution in [0.5, 0.6) is 0 Å². The average Bonchev–Trinajstić information content (AvgIpc) is 2.68. The molecule has 1 rings (SSSR count). The zero-order valence-corrected chi connectivity index (χ0v) is 9.27. The van der Waals surface area contributed by atoms with E-state index in [1.165, 1.54) is 17.4 Å². The molecule has 2 atom stereocenters. The van der Waals surface area contributed by atoms with Gasteiger partial charge in [-0.25, -0.2) is 4.98 Å². The van der Waals surface area contributed by atoms with E-state index in [1.54, 1.807) is 18.5 Å². The molecule has 1 N–H and O–H groups in total. The molecule has 0 amide bonds. The van der Waals surface area contributed by atoms with E-state index in [-0.39, 0.29) is 6.04 Å². The summed E-state index contributed by atoms with van der Waals surface area (Å²) >= 11 is 1.36. The third-order valence-corrected chi connectivity index (χ3v) is 2.96. The number of nitrogens with one attached hydrogen (secondary N) is 1. The van der Waals surface area contributed by atoms with Crippen LogP contribution in [-0.4, -0.2) is 17.7 Å². The summed E-state index contributed by atoms with van der Waals surface area (Å²) in [6, 6.07) is 0.959. The van der Waals surface area contributed by atoms with Crippen LogP contribution in [0.4, 0.5) is 13.2 Å². The van der Waals surface area contributed by atoms with E-state index in [9.17, 15) is 13.2 Å². The fourth-order valence-corrected chi connectivity index (χ4v) is 1.74. The molecule has 16 heavy (non-hydrogen) atoms. The smallest absolute Gasteiger partial charge is 0.306 e. The summed E-state index contributed by atoms with van der Waals surface area (Å²) < 4.78 is 36.7. The zero-order chi connectivity index (χ0) is 12.2. The first kappa shape index (κ1) is 12.9. The summed E-state index contributed by atoms with van der Waals surface area (Å²) in [5.74, 6) is -1.98. The second kappa shape index (κ2) is 5.27. The Hall–Kier alpha value is -1.13. The maximum absolute atomic E-state index is 12.2. The fourth-order valence-electron chi connectivity index (χ4n) is 1.06. The summed E-state index contributed by atoms with van der Waals surface area (Å²) in [5.41, 5.74) is 0. The van der Waals surface area contributed by atoms with Crippen molar-refractivity contribution in [3.63, 3.8) is 0 Å². The fraction of sp³-hybridized carbons (Fsp3) is 0.556. The molecule has 0 saturated carbocycles. The van der Waals surface area contributed by atoms with Gasteiger partial charge in [-0.2, -0.15) is 18.4 Å². The molecule has 0 aromatic carbocycles. The molecular formula is C9H10F3N3S. The van der Waals surface area contributed by atoms with E-state index in [1.807, 2.05) is 0 Å². The third kappa shape index (κ3) is 3.47. The molecule has 0 bridgehead atoms. The van der Waals surface area contributed by atoms with Crippen LogP contribution in [0.25, 0.3) is 0 Å². The normalized spacial score (nSPS) is 15.4. The molecule has 0 aliphatic rings. The van der Waals surface area contributed by atoms with E-state index in [0.717, 1.165) is 0 Å². The van der Waals surface area contributed by atoms with Gasteiger partial charge in [0.05, 0.1) is 12.1 Å². The molecule has 0 aliphatic carbocycles. The van der Waals surface area contributed by atoms with Crippen molar-refractivity contribution >= 4 is 11.3 Å². The van der Waals surface area contributed by atoms with E-state index >= 15 is 0 Å². The molecule has 3 nitrogen and oxygen atoms in total. The Morgan fingerprint density at radius 1 is 1.62 bits per heavy atom. The molecule has 1 aromatic heterocycles. The summed E-state index contributed by atoms with van der Waals surface area (Å²) in [4.78, 5) is 3.97. The second-order valence-electron chi connectivity index (χ2n) is 3.22. The van der Waals surface area contributed by atoms with E-state index in [4.69, 9.17) is 5.26 Å². The quantitative estimate of drug-likeness (QED) is 0.891. The standard InChI is InChI=1S/C9H10F3N3S/c1-6(8-14-2-3-16-8)15-5-7(4-13)9(10,11)12/h2-3,6-7,15H,5H2,1H3. The van der Waals surface area contributed by atoms with Gasteiger partial charge >= 0.3 is 6.18 Å². The molecule has 7 heteroatoms. The molecule has 0 radical (unpaired) electrons. The van der Waals surface area contributed by atoms with Crippen LogP contribution in [0.1, 0.15) is 18.0 Å². The van der Waals surface area contributed by atoms with Crippen LogP contribution in [0.2, 0.25) is 0 Å². The molecule has 1 heterocycles. The van der Waals surface area contributed by atoms with Crippen molar-refractivity contribution in [1.29, 1.82) is 5.26 Å². The van der Waals surface area contributed by atoms with Gasteiger partial charge in [0, 0.05) is 18.1 Å². The number of nitriles is 1. The number of rotatable bonds is 4. The van der Waals surface area contributed by atoms with Crippen molar-refractivity contribution in [1.82, 2.24) is 10.3 Å². The van der Waals surface area contributed by atoms with Crippen molar-refractivity contribution in [2.45, 2.75) is 19.1 Å². The van der Waals surface area contributed by atoms with Crippen molar-refractivity contribution in [3.8, 4) is 6.07 Å². The zero-order valence-electron chi connectivity index (χ0n) is 8.45. The van der Waals surface area contributed by atoms with Crippen LogP contribution in [-0.2, 0) is 0 Å². The van der Waals surface area contributed by atoms with Gasteiger partial charge in [0.1, 0.15) is 5.01 Å². The lowest BCUT2D eigenvalue weighted by atomic mass is 10.1. The van der Waals surface area contributed by atoms with Crippen molar-refractivity contribution in [2.75, 3.05) is 6.54 Å². The predicted molar refractivity (Wildman–Crippen MR) is 53.7 cm³/mol. The maximum atomic E-state index is 12.2. The largest absolute Gasteiger partial charge is 0.405 e. The Balaban J connectivity index is 2.48. The highest BCUT2D eigenvalue weighted by atomic mass is 32.1. The molecule has 0 saturated heterocycles. The number of halogens is 3. The molecule has 88 valence electrons. The van der Waals surface area contributed by atoms with Gasteiger partial charge in [-0.05, 0) is 6.92 Å². The van der Waals surface area contributed by atoms with E-state index in [2.05, 4.69) is 10.3 Å². The summed E-state index contributed by atoms with van der Waals surface area (Å²) in [6.45, 7) is 1.30. The molecule has 1 aromatic rings. The Morgan fingerprint density at radius 2 is 2.31 bits per heavy atom. The summed E-state index contributed by atoms with van der Waals surface area (Å²) in [6.07, 6.45) is -2.89. The number of thiazole rings is 1. The average molecular weight is 249 g/mol. The minimum Gasteiger partial charge on any atom is -0.306 e. The molecule has 2 unspecified atom stereocenters. The molecule has 0 aliphatic heterocycles. The SMILES string of the molecule is CC(NCC(C#N)C(F)(F)F)c1nccs1. The van der Waals surface area contributed by atoms with Gasteiger partial charge in [0.2, 0.25) is 0 Å². The Kier molecular flexibility index (Phi) is 4.26. The van der Waals surface area contributed by atoms with Crippen LogP contribution >= 0.6 is 11.3 Å². The lowest BCUT2D eigenvalue weighted by molar-refractivity contribution is -0.157. The Bertz CT molecular complexity index is 355. The van der Waals surface area contributed by atoms with Gasteiger partial charge in [0.25, 0.3) is 0 Å². The van der Waals surface area contributed by atoms with E-state index in [0.29, 0.717) is 5.01 Å². The van der Waals surface area contributed by atoms with Gasteiger partial charge in [-0.15, -0.1) is 11.3 Å². The first-order chi connectivity index (χ1) is 7.45. The summed E-state index contributed by atoms with van der Waals surface area (Å²) in [5, 5.41) is 13.5. The van der Waals surface area contributed by atoms with E-state index < -0.39 is 18.6 Å². The van der Waals surface area contributed by atoms with Crippen molar-refractivity contribution in [2.24, 2.45) is 5.92 Å². The second-order valence-corrected chi connectivity index (χ2v) is 4.15. The van der Waals surface area contributed by atoms with Crippen LogP contribution in [0.15, 0.2) is 11.6 Å². The lowest BCUT2D eigenvalue weighted by Gasteiger charge is -2.16. The number of aromatic nitrogens is 1. The van der Waals surface area contributed by atoms with Crippen LogP contribution in [0, 0.1) is 17.2 Å². The lowest BCUT2D eigenvalue weighted by Crippen LogP contribution is -2.33. The first-order valence-corrected chi connectivity index (χ1v) is 5.42. The monoisotopic (exact) mass is 249 g/mol. The number of alkyl halides is 3. The molecular weight excluding hydrogens is 239 g/mol. The van der Waals surface area contributed by atoms with Crippen LogP contribution < -0.4 is 5.32 Å². The van der Waals surface area contributed by atoms with Crippen molar-refractivity contribution < 1.29 is 13.2 Å². The highest BCUT2D eigenvalue weighted by Gasteiger charge is 2.39. The Morgan fingerprint density at radius 3 is 2.75 bits per heavy atom. The molecule has 0 fully saturated rings. The topological polar surface area (TPSA) is 48.7 Å². The predicted octanol–water partition coefficient (Wildman–Crippen LogP) is 2.50. The van der Waals surface area contributed by atoms with Crippen molar-refractivity contribution in [3.05, 3.63) is 16.6 Å². The third-order valence-electron chi connectivity index (χ3n) is 2.00. The van der Waals surface area contributed by atoms with Gasteiger partial charge < -0.3 is 5.32 Å². The van der Waals surface area contributed by atoms with Gasteiger partial charge in [0.15, 0.2) is 5.92 Å². The highest BCUT2D eigenvalue weighted by Crippen LogP contribution is 2.25. The number of hydrogen-bond donors (Lipinski definition) is 1.